The third kappa shape index (κ3) is 4.88. The van der Waals surface area contributed by atoms with Crippen LogP contribution in [0.3, 0.4) is 0 Å². The fourth-order valence-electron chi connectivity index (χ4n) is 3.05. The van der Waals surface area contributed by atoms with E-state index in [1.54, 1.807) is 23.9 Å². The Bertz CT molecular complexity index is 683. The molecule has 25 heavy (non-hydrogen) atoms. The lowest BCUT2D eigenvalue weighted by atomic mass is 9.84. The Kier molecular flexibility index (Phi) is 5.53. The number of halogens is 3. The van der Waals surface area contributed by atoms with Crippen LogP contribution in [0.4, 0.5) is 13.2 Å². The number of benzene rings is 1. The van der Waals surface area contributed by atoms with Gasteiger partial charge in [-0.3, -0.25) is 5.10 Å². The first-order valence-corrected chi connectivity index (χ1v) is 8.85. The number of aromatic nitrogens is 3. The molecule has 1 aliphatic rings. The molecule has 2 N–H and O–H groups in total. The molecule has 0 radical (unpaired) electrons. The molecule has 1 saturated carbocycles. The Balaban J connectivity index is 1.53. The fourth-order valence-corrected chi connectivity index (χ4v) is 4.21. The van der Waals surface area contributed by atoms with Crippen LogP contribution in [0.1, 0.15) is 42.9 Å². The maximum atomic E-state index is 12.2. The standard InChI is InChI=1S/C16H18F3N3O2S/c17-16(18,19)24-12-5-1-10(2-6-12)11-3-7-13(8-4-11)25-15-14(9-23)20-22-21-15/h1-2,5-6,11,13,23H,3-4,7-9H2,(H,20,21,22). The molecule has 0 amide bonds. The molecule has 0 bridgehead atoms. The van der Waals surface area contributed by atoms with Crippen molar-refractivity contribution in [3.63, 3.8) is 0 Å². The van der Waals surface area contributed by atoms with Gasteiger partial charge in [-0.1, -0.05) is 29.1 Å². The molecule has 1 heterocycles. The van der Waals surface area contributed by atoms with E-state index in [0.29, 0.717) is 16.9 Å². The second kappa shape index (κ2) is 7.65. The maximum Gasteiger partial charge on any atom is 0.573 e. The van der Waals surface area contributed by atoms with Crippen molar-refractivity contribution in [2.45, 2.75) is 54.8 Å². The molecule has 0 atom stereocenters. The SMILES string of the molecule is OCc1[nH]nnc1SC1CCC(c2ccc(OC(F)(F)F)cc2)CC1. The predicted molar refractivity (Wildman–Crippen MR) is 86.3 cm³/mol. The van der Waals surface area contributed by atoms with Crippen molar-refractivity contribution in [3.8, 4) is 5.75 Å². The highest BCUT2D eigenvalue weighted by Crippen LogP contribution is 2.40. The largest absolute Gasteiger partial charge is 0.573 e. The number of rotatable bonds is 5. The number of aliphatic hydroxyl groups is 1. The van der Waals surface area contributed by atoms with Gasteiger partial charge in [0.15, 0.2) is 0 Å². The van der Waals surface area contributed by atoms with E-state index >= 15 is 0 Å². The number of aromatic amines is 1. The smallest absolute Gasteiger partial charge is 0.406 e. The quantitative estimate of drug-likeness (QED) is 0.829. The molecule has 0 unspecified atom stereocenters. The van der Waals surface area contributed by atoms with E-state index in [9.17, 15) is 18.3 Å². The average Bonchev–Trinajstić information content (AvgIpc) is 3.02. The number of hydrogen-bond donors (Lipinski definition) is 2. The zero-order chi connectivity index (χ0) is 17.9. The molecule has 3 rings (SSSR count). The average molecular weight is 373 g/mol. The van der Waals surface area contributed by atoms with E-state index in [1.165, 1.54) is 12.1 Å². The van der Waals surface area contributed by atoms with Crippen LogP contribution in [0, 0.1) is 0 Å². The van der Waals surface area contributed by atoms with Gasteiger partial charge in [-0.25, -0.2) is 0 Å². The summed E-state index contributed by atoms with van der Waals surface area (Å²) in [6, 6.07) is 6.15. The Hall–Kier alpha value is -1.74. The number of alkyl halides is 3. The zero-order valence-corrected chi connectivity index (χ0v) is 14.1. The van der Waals surface area contributed by atoms with Gasteiger partial charge in [0.05, 0.1) is 12.3 Å². The minimum atomic E-state index is -4.66. The van der Waals surface area contributed by atoms with Crippen LogP contribution in [-0.2, 0) is 6.61 Å². The van der Waals surface area contributed by atoms with Crippen LogP contribution < -0.4 is 4.74 Å². The second-order valence-electron chi connectivity index (χ2n) is 5.96. The third-order valence-electron chi connectivity index (χ3n) is 4.28. The number of H-pyrrole nitrogens is 1. The van der Waals surface area contributed by atoms with Crippen LogP contribution in [0.2, 0.25) is 0 Å². The van der Waals surface area contributed by atoms with E-state index in [1.807, 2.05) is 0 Å². The third-order valence-corrected chi connectivity index (χ3v) is 5.64. The zero-order valence-electron chi connectivity index (χ0n) is 13.3. The first kappa shape index (κ1) is 18.1. The minimum Gasteiger partial charge on any atom is -0.406 e. The number of thioether (sulfide) groups is 1. The second-order valence-corrected chi connectivity index (χ2v) is 7.25. The Morgan fingerprint density at radius 2 is 1.84 bits per heavy atom. The monoisotopic (exact) mass is 373 g/mol. The summed E-state index contributed by atoms with van der Waals surface area (Å²) >= 11 is 1.62. The van der Waals surface area contributed by atoms with E-state index in [-0.39, 0.29) is 12.4 Å². The Morgan fingerprint density at radius 1 is 1.16 bits per heavy atom. The molecule has 9 heteroatoms. The van der Waals surface area contributed by atoms with Gasteiger partial charge in [-0.05, 0) is 49.3 Å². The normalized spacial score (nSPS) is 21.3. The summed E-state index contributed by atoms with van der Waals surface area (Å²) < 4.78 is 40.5. The summed E-state index contributed by atoms with van der Waals surface area (Å²) in [5.74, 6) is 0.148. The lowest BCUT2D eigenvalue weighted by molar-refractivity contribution is -0.274. The number of aliphatic hydroxyl groups excluding tert-OH is 1. The molecule has 0 saturated heterocycles. The number of nitrogens with zero attached hydrogens (tertiary/aromatic N) is 2. The summed E-state index contributed by atoms with van der Waals surface area (Å²) in [5, 5.41) is 20.7. The van der Waals surface area contributed by atoms with Gasteiger partial charge in [0, 0.05) is 5.25 Å². The van der Waals surface area contributed by atoms with Gasteiger partial charge < -0.3 is 9.84 Å². The van der Waals surface area contributed by atoms with Crippen LogP contribution in [-0.4, -0.2) is 32.1 Å². The number of nitrogens with one attached hydrogen (secondary N) is 1. The number of ether oxygens (including phenoxy) is 1. The molecule has 2 aromatic rings. The van der Waals surface area contributed by atoms with Gasteiger partial charge in [0.25, 0.3) is 0 Å². The van der Waals surface area contributed by atoms with E-state index in [0.717, 1.165) is 36.3 Å². The fraction of sp³-hybridized carbons (Fsp3) is 0.500. The lowest BCUT2D eigenvalue weighted by Crippen LogP contribution is -2.17. The predicted octanol–water partition coefficient (Wildman–Crippen LogP) is 4.01. The van der Waals surface area contributed by atoms with Crippen molar-refractivity contribution in [2.24, 2.45) is 0 Å². The molecule has 0 aliphatic heterocycles. The summed E-state index contributed by atoms with van der Waals surface area (Å²) in [6.07, 6.45) is -0.778. The van der Waals surface area contributed by atoms with Gasteiger partial charge in [-0.15, -0.1) is 18.3 Å². The van der Waals surface area contributed by atoms with Crippen LogP contribution in [0.25, 0.3) is 0 Å². The summed E-state index contributed by atoms with van der Waals surface area (Å²) in [4.78, 5) is 0. The van der Waals surface area contributed by atoms with Crippen molar-refractivity contribution in [3.05, 3.63) is 35.5 Å². The first-order chi connectivity index (χ1) is 11.9. The highest BCUT2D eigenvalue weighted by atomic mass is 32.2. The van der Waals surface area contributed by atoms with E-state index in [4.69, 9.17) is 0 Å². The van der Waals surface area contributed by atoms with Crippen molar-refractivity contribution in [1.29, 1.82) is 0 Å². The molecule has 1 fully saturated rings. The molecule has 5 nitrogen and oxygen atoms in total. The Morgan fingerprint density at radius 3 is 2.44 bits per heavy atom. The topological polar surface area (TPSA) is 71.0 Å². The lowest BCUT2D eigenvalue weighted by Gasteiger charge is -2.28. The highest BCUT2D eigenvalue weighted by Gasteiger charge is 2.31. The van der Waals surface area contributed by atoms with Crippen molar-refractivity contribution >= 4 is 11.8 Å². The van der Waals surface area contributed by atoms with Gasteiger partial charge in [0.1, 0.15) is 10.8 Å². The Labute approximate surface area is 147 Å². The van der Waals surface area contributed by atoms with Gasteiger partial charge >= 0.3 is 6.36 Å². The summed E-state index contributed by atoms with van der Waals surface area (Å²) in [6.45, 7) is -0.114. The highest BCUT2D eigenvalue weighted by molar-refractivity contribution is 7.99. The maximum absolute atomic E-state index is 12.2. The molecule has 1 aliphatic carbocycles. The summed E-state index contributed by atoms with van der Waals surface area (Å²) in [7, 11) is 0. The van der Waals surface area contributed by atoms with Crippen molar-refractivity contribution in [2.75, 3.05) is 0 Å². The van der Waals surface area contributed by atoms with Gasteiger partial charge in [-0.2, -0.15) is 0 Å². The molecular formula is C16H18F3N3O2S. The first-order valence-electron chi connectivity index (χ1n) is 7.98. The molecule has 1 aromatic carbocycles. The van der Waals surface area contributed by atoms with Gasteiger partial charge in [0.2, 0.25) is 0 Å². The summed E-state index contributed by atoms with van der Waals surface area (Å²) in [5.41, 5.74) is 1.67. The molecule has 1 aromatic heterocycles. The van der Waals surface area contributed by atoms with Crippen molar-refractivity contribution in [1.82, 2.24) is 15.4 Å². The van der Waals surface area contributed by atoms with E-state index < -0.39 is 6.36 Å². The number of hydrogen-bond acceptors (Lipinski definition) is 5. The molecule has 0 spiro atoms. The van der Waals surface area contributed by atoms with Crippen LogP contribution >= 0.6 is 11.8 Å². The van der Waals surface area contributed by atoms with Crippen LogP contribution in [0.15, 0.2) is 29.3 Å². The van der Waals surface area contributed by atoms with E-state index in [2.05, 4.69) is 20.1 Å². The minimum absolute atomic E-state index is 0.114. The van der Waals surface area contributed by atoms with Crippen LogP contribution in [0.5, 0.6) is 5.75 Å². The van der Waals surface area contributed by atoms with Crippen molar-refractivity contribution < 1.29 is 23.0 Å². The molecular weight excluding hydrogens is 355 g/mol. The molecule has 136 valence electrons.